The molecule has 0 bridgehead atoms. The van der Waals surface area contributed by atoms with Gasteiger partial charge in [-0.3, -0.25) is 0 Å². The summed E-state index contributed by atoms with van der Waals surface area (Å²) in [6, 6.07) is 2.12. The SMILES string of the molecule is Clc1cccc([Si](Cl)(Cl)Cl)c1Cl. The van der Waals surface area contributed by atoms with Crippen LogP contribution in [0.4, 0.5) is 0 Å². The highest BCUT2D eigenvalue weighted by Gasteiger charge is 2.31. The molecule has 0 aromatic heterocycles. The van der Waals surface area contributed by atoms with Gasteiger partial charge in [0.05, 0.1) is 10.0 Å². The maximum atomic E-state index is 5.83. The van der Waals surface area contributed by atoms with E-state index in [2.05, 4.69) is 0 Å². The zero-order valence-electron chi connectivity index (χ0n) is 5.62. The lowest BCUT2D eigenvalue weighted by Crippen LogP contribution is -2.31. The summed E-state index contributed by atoms with van der Waals surface area (Å²) in [6.45, 7) is 0. The molecule has 0 atom stereocenters. The number of benzene rings is 1. The second-order valence-corrected chi connectivity index (χ2v) is 11.3. The molecule has 0 saturated heterocycles. The molecular weight excluding hydrogens is 277 g/mol. The van der Waals surface area contributed by atoms with Gasteiger partial charge >= 0.3 is 6.00 Å². The van der Waals surface area contributed by atoms with Gasteiger partial charge in [-0.2, -0.15) is 0 Å². The fourth-order valence-corrected chi connectivity index (χ4v) is 4.05. The van der Waals surface area contributed by atoms with Crippen LogP contribution in [0.15, 0.2) is 18.2 Å². The minimum Gasteiger partial charge on any atom is -0.121 e. The summed E-state index contributed by atoms with van der Waals surface area (Å²) in [5.41, 5.74) is 0. The quantitative estimate of drug-likeness (QED) is 0.541. The molecule has 1 aromatic rings. The van der Waals surface area contributed by atoms with E-state index in [1.807, 2.05) is 0 Å². The van der Waals surface area contributed by atoms with Crippen molar-refractivity contribution in [1.82, 2.24) is 0 Å². The Kier molecular flexibility index (Phi) is 3.61. The van der Waals surface area contributed by atoms with Gasteiger partial charge in [-0.05, 0) is 6.07 Å². The van der Waals surface area contributed by atoms with E-state index >= 15 is 0 Å². The molecule has 0 nitrogen and oxygen atoms in total. The number of hydrogen-bond donors (Lipinski definition) is 0. The van der Waals surface area contributed by atoms with E-state index < -0.39 is 6.00 Å². The van der Waals surface area contributed by atoms with Crippen LogP contribution in [0, 0.1) is 0 Å². The van der Waals surface area contributed by atoms with Gasteiger partial charge < -0.3 is 0 Å². The van der Waals surface area contributed by atoms with Crippen molar-refractivity contribution in [3.05, 3.63) is 28.2 Å². The van der Waals surface area contributed by atoms with Crippen molar-refractivity contribution in [3.8, 4) is 0 Å². The smallest absolute Gasteiger partial charge is 0.121 e. The molecule has 0 amide bonds. The van der Waals surface area contributed by atoms with Crippen molar-refractivity contribution in [2.75, 3.05) is 0 Å². The van der Waals surface area contributed by atoms with Crippen molar-refractivity contribution in [1.29, 1.82) is 0 Å². The predicted molar refractivity (Wildman–Crippen MR) is 59.4 cm³/mol. The third-order valence-corrected chi connectivity index (χ3v) is 5.09. The summed E-state index contributed by atoms with van der Waals surface area (Å²) < 4.78 is 0. The van der Waals surface area contributed by atoms with E-state index in [1.165, 1.54) is 0 Å². The van der Waals surface area contributed by atoms with Gasteiger partial charge in [-0.25, -0.2) is 0 Å². The lowest BCUT2D eigenvalue weighted by molar-refractivity contribution is 1.76. The maximum absolute atomic E-state index is 5.83. The number of hydrogen-bond acceptors (Lipinski definition) is 0. The highest BCUT2D eigenvalue weighted by atomic mass is 35.8. The molecule has 0 aliphatic rings. The van der Waals surface area contributed by atoms with E-state index in [0.29, 0.717) is 15.2 Å². The molecular formula is C6H3Cl5Si. The summed E-state index contributed by atoms with van der Waals surface area (Å²) >= 11 is 28.8. The van der Waals surface area contributed by atoms with Crippen LogP contribution in [0.5, 0.6) is 0 Å². The molecule has 0 radical (unpaired) electrons. The van der Waals surface area contributed by atoms with Crippen LogP contribution in [-0.4, -0.2) is 6.00 Å². The van der Waals surface area contributed by atoms with Gasteiger partial charge in [0.25, 0.3) is 0 Å². The van der Waals surface area contributed by atoms with Gasteiger partial charge in [0, 0.05) is 5.19 Å². The Morgan fingerprint density at radius 1 is 1.00 bits per heavy atom. The molecule has 0 spiro atoms. The second-order valence-electron chi connectivity index (χ2n) is 2.10. The highest BCUT2D eigenvalue weighted by Crippen LogP contribution is 2.27. The van der Waals surface area contributed by atoms with Gasteiger partial charge in [-0.15, -0.1) is 33.2 Å². The zero-order chi connectivity index (χ0) is 9.35. The van der Waals surface area contributed by atoms with Crippen molar-refractivity contribution >= 4 is 67.6 Å². The fourth-order valence-electron chi connectivity index (χ4n) is 0.723. The summed E-state index contributed by atoms with van der Waals surface area (Å²) in [4.78, 5) is 0. The van der Waals surface area contributed by atoms with Crippen molar-refractivity contribution in [3.63, 3.8) is 0 Å². The largest absolute Gasteiger partial charge is 0.374 e. The highest BCUT2D eigenvalue weighted by molar-refractivity contribution is 7.69. The van der Waals surface area contributed by atoms with E-state index in [-0.39, 0.29) is 0 Å². The molecule has 1 rings (SSSR count). The number of halogens is 5. The molecule has 66 valence electrons. The molecule has 0 heterocycles. The maximum Gasteiger partial charge on any atom is 0.374 e. The van der Waals surface area contributed by atoms with Gasteiger partial charge in [0.2, 0.25) is 0 Å². The van der Waals surface area contributed by atoms with Gasteiger partial charge in [0.1, 0.15) is 0 Å². The Morgan fingerprint density at radius 3 is 2.00 bits per heavy atom. The predicted octanol–water partition coefficient (Wildman–Crippen LogP) is 3.86. The number of rotatable bonds is 1. The van der Waals surface area contributed by atoms with Crippen LogP contribution >= 0.6 is 56.4 Å². The Labute approximate surface area is 95.4 Å². The van der Waals surface area contributed by atoms with Gasteiger partial charge in [0.15, 0.2) is 0 Å². The lowest BCUT2D eigenvalue weighted by atomic mass is 10.4. The normalized spacial score (nSPS) is 11.8. The first-order valence-electron chi connectivity index (χ1n) is 2.94. The topological polar surface area (TPSA) is 0 Å². The van der Waals surface area contributed by atoms with Crippen LogP contribution in [0.3, 0.4) is 0 Å². The standard InChI is InChI=1S/C6H3Cl5Si/c7-4-2-1-3-5(6(4)8)12(9,10)11/h1-3H. The van der Waals surface area contributed by atoms with E-state index in [0.717, 1.165) is 0 Å². The summed E-state index contributed by atoms with van der Waals surface area (Å²) in [5, 5.41) is 1.28. The minimum atomic E-state index is -2.91. The third-order valence-electron chi connectivity index (χ3n) is 1.26. The summed E-state index contributed by atoms with van der Waals surface area (Å²) in [6.07, 6.45) is 0. The zero-order valence-corrected chi connectivity index (χ0v) is 10.4. The van der Waals surface area contributed by atoms with Gasteiger partial charge in [-0.1, -0.05) is 35.3 Å². The molecule has 0 unspecified atom stereocenters. The second kappa shape index (κ2) is 3.95. The van der Waals surface area contributed by atoms with Crippen molar-refractivity contribution in [2.45, 2.75) is 0 Å². The van der Waals surface area contributed by atoms with E-state index in [1.54, 1.807) is 18.2 Å². The van der Waals surface area contributed by atoms with Crippen LogP contribution < -0.4 is 5.19 Å². The van der Waals surface area contributed by atoms with Crippen LogP contribution in [0.2, 0.25) is 10.0 Å². The van der Waals surface area contributed by atoms with E-state index in [4.69, 9.17) is 56.4 Å². The Morgan fingerprint density at radius 2 is 1.58 bits per heavy atom. The van der Waals surface area contributed by atoms with Crippen LogP contribution in [0.1, 0.15) is 0 Å². The Bertz CT molecular complexity index is 292. The Balaban J connectivity index is 3.26. The first kappa shape index (κ1) is 11.0. The molecule has 1 aromatic carbocycles. The fraction of sp³-hybridized carbons (Fsp3) is 0. The monoisotopic (exact) mass is 278 g/mol. The summed E-state index contributed by atoms with van der Waals surface area (Å²) in [7, 11) is 0. The molecule has 0 N–H and O–H groups in total. The van der Waals surface area contributed by atoms with Crippen LogP contribution in [0.25, 0.3) is 0 Å². The third kappa shape index (κ3) is 2.44. The summed E-state index contributed by atoms with van der Waals surface area (Å²) in [5.74, 6) is 0. The molecule has 6 heteroatoms. The molecule has 0 aliphatic carbocycles. The first-order valence-corrected chi connectivity index (χ1v) is 8.73. The van der Waals surface area contributed by atoms with Crippen LogP contribution in [-0.2, 0) is 0 Å². The molecule has 12 heavy (non-hydrogen) atoms. The van der Waals surface area contributed by atoms with Crippen molar-refractivity contribution < 1.29 is 0 Å². The average Bonchev–Trinajstić information content (AvgIpc) is 1.92. The minimum absolute atomic E-state index is 0.339. The van der Waals surface area contributed by atoms with Crippen molar-refractivity contribution in [2.24, 2.45) is 0 Å². The molecule has 0 saturated carbocycles. The lowest BCUT2D eigenvalue weighted by Gasteiger charge is -2.10. The molecule has 0 fully saturated rings. The van der Waals surface area contributed by atoms with E-state index in [9.17, 15) is 0 Å². The first-order chi connectivity index (χ1) is 5.43. The average molecular weight is 280 g/mol. The Hall–Kier alpha value is 0.887. The molecule has 0 aliphatic heterocycles.